The Morgan fingerprint density at radius 2 is 1.90 bits per heavy atom. The molecular formula is C25H27N3O2. The Morgan fingerprint density at radius 1 is 1.03 bits per heavy atom. The van der Waals surface area contributed by atoms with Gasteiger partial charge in [0.05, 0.1) is 7.11 Å². The van der Waals surface area contributed by atoms with Gasteiger partial charge >= 0.3 is 0 Å². The fourth-order valence-corrected chi connectivity index (χ4v) is 4.79. The third-order valence-electron chi connectivity index (χ3n) is 6.39. The summed E-state index contributed by atoms with van der Waals surface area (Å²) in [4.78, 5) is 21.7. The van der Waals surface area contributed by atoms with E-state index in [0.29, 0.717) is 0 Å². The van der Waals surface area contributed by atoms with Crippen LogP contribution in [0.4, 0.5) is 5.69 Å². The van der Waals surface area contributed by atoms with Crippen LogP contribution in [-0.4, -0.2) is 42.5 Å². The number of fused-ring (bicyclic) bond motifs is 2. The van der Waals surface area contributed by atoms with Gasteiger partial charge in [0.15, 0.2) is 0 Å². The topological polar surface area (TPSA) is 45.7 Å². The number of amides is 1. The van der Waals surface area contributed by atoms with E-state index in [9.17, 15) is 4.79 Å². The zero-order valence-corrected chi connectivity index (χ0v) is 17.4. The van der Waals surface area contributed by atoms with Crippen LogP contribution in [0.1, 0.15) is 40.7 Å². The molecule has 0 radical (unpaired) electrons. The van der Waals surface area contributed by atoms with Crippen molar-refractivity contribution in [3.8, 4) is 5.88 Å². The molecule has 0 saturated carbocycles. The third-order valence-corrected chi connectivity index (χ3v) is 6.39. The van der Waals surface area contributed by atoms with Gasteiger partial charge in [-0.25, -0.2) is 4.98 Å². The van der Waals surface area contributed by atoms with E-state index in [1.807, 2.05) is 17.2 Å². The van der Waals surface area contributed by atoms with Gasteiger partial charge in [0.25, 0.3) is 5.91 Å². The number of ether oxygens (including phenoxy) is 1. The minimum Gasteiger partial charge on any atom is -0.481 e. The zero-order valence-electron chi connectivity index (χ0n) is 17.4. The third kappa shape index (κ3) is 3.38. The number of nitrogens with zero attached hydrogens (tertiary/aromatic N) is 3. The standard InChI is InChI=1S/C25H27N3O2/c1-30-24-22-11-15-28(17-20(22)10-12-26-24)23-7-5-6-18-16-19(8-9-21(18)23)25(29)27-13-3-2-4-14-27/h5-10,12,16H,2-4,11,13-15,17H2,1H3. The normalized spacial score (nSPS) is 16.4. The molecule has 5 nitrogen and oxygen atoms in total. The number of anilines is 1. The number of carbonyl (C=O) groups excluding carboxylic acids is 1. The highest BCUT2D eigenvalue weighted by molar-refractivity contribution is 6.02. The molecule has 5 heteroatoms. The number of likely N-dealkylation sites (tertiary alicyclic amines) is 1. The molecule has 1 amide bonds. The number of carbonyl (C=O) groups is 1. The lowest BCUT2D eigenvalue weighted by Gasteiger charge is -2.32. The predicted molar refractivity (Wildman–Crippen MR) is 119 cm³/mol. The highest BCUT2D eigenvalue weighted by Gasteiger charge is 2.22. The van der Waals surface area contributed by atoms with E-state index in [1.54, 1.807) is 7.11 Å². The first kappa shape index (κ1) is 18.9. The van der Waals surface area contributed by atoms with Gasteiger partial charge in [-0.1, -0.05) is 18.2 Å². The van der Waals surface area contributed by atoms with Crippen LogP contribution in [0.3, 0.4) is 0 Å². The Hall–Kier alpha value is -3.08. The van der Waals surface area contributed by atoms with Crippen molar-refractivity contribution in [3.63, 3.8) is 0 Å². The number of aromatic nitrogens is 1. The van der Waals surface area contributed by atoms with Gasteiger partial charge in [0.1, 0.15) is 0 Å². The Balaban J connectivity index is 1.45. The summed E-state index contributed by atoms with van der Waals surface area (Å²) < 4.78 is 5.44. The van der Waals surface area contributed by atoms with Crippen LogP contribution in [0.5, 0.6) is 5.88 Å². The van der Waals surface area contributed by atoms with Gasteiger partial charge in [-0.15, -0.1) is 0 Å². The van der Waals surface area contributed by atoms with Gasteiger partial charge in [0, 0.05) is 54.6 Å². The first-order chi connectivity index (χ1) is 14.7. The minimum absolute atomic E-state index is 0.161. The van der Waals surface area contributed by atoms with Gasteiger partial charge in [0.2, 0.25) is 5.88 Å². The lowest BCUT2D eigenvalue weighted by molar-refractivity contribution is 0.0724. The van der Waals surface area contributed by atoms with E-state index in [1.165, 1.54) is 28.6 Å². The summed E-state index contributed by atoms with van der Waals surface area (Å²) in [5.74, 6) is 0.902. The number of methoxy groups -OCH3 is 1. The van der Waals surface area contributed by atoms with Gasteiger partial charge in [-0.3, -0.25) is 4.79 Å². The summed E-state index contributed by atoms with van der Waals surface area (Å²) in [6.07, 6.45) is 6.18. The molecule has 1 saturated heterocycles. The number of rotatable bonds is 3. The van der Waals surface area contributed by atoms with Gasteiger partial charge in [-0.05, 0) is 60.9 Å². The Labute approximate surface area is 177 Å². The summed E-state index contributed by atoms with van der Waals surface area (Å²) in [5.41, 5.74) is 4.49. The molecule has 2 aliphatic rings. The largest absolute Gasteiger partial charge is 0.481 e. The highest BCUT2D eigenvalue weighted by Crippen LogP contribution is 2.33. The second-order valence-corrected chi connectivity index (χ2v) is 8.20. The fourth-order valence-electron chi connectivity index (χ4n) is 4.79. The first-order valence-corrected chi connectivity index (χ1v) is 10.8. The quantitative estimate of drug-likeness (QED) is 0.651. The average molecular weight is 402 g/mol. The van der Waals surface area contributed by atoms with E-state index in [-0.39, 0.29) is 5.91 Å². The summed E-state index contributed by atoms with van der Waals surface area (Å²) in [6, 6.07) is 14.6. The van der Waals surface area contributed by atoms with Crippen molar-refractivity contribution in [1.82, 2.24) is 9.88 Å². The summed E-state index contributed by atoms with van der Waals surface area (Å²) in [5, 5.41) is 2.31. The summed E-state index contributed by atoms with van der Waals surface area (Å²) >= 11 is 0. The van der Waals surface area contributed by atoms with E-state index >= 15 is 0 Å². The molecule has 0 aliphatic carbocycles. The molecule has 0 spiro atoms. The van der Waals surface area contributed by atoms with Crippen molar-refractivity contribution < 1.29 is 9.53 Å². The van der Waals surface area contributed by atoms with Crippen molar-refractivity contribution in [3.05, 3.63) is 65.4 Å². The van der Waals surface area contributed by atoms with Gasteiger partial charge < -0.3 is 14.5 Å². The van der Waals surface area contributed by atoms with Crippen molar-refractivity contribution in [1.29, 1.82) is 0 Å². The van der Waals surface area contributed by atoms with Crippen LogP contribution >= 0.6 is 0 Å². The minimum atomic E-state index is 0.161. The van der Waals surface area contributed by atoms with E-state index in [2.05, 4.69) is 46.3 Å². The molecule has 1 aromatic heterocycles. The molecular weight excluding hydrogens is 374 g/mol. The van der Waals surface area contributed by atoms with Crippen LogP contribution in [0, 0.1) is 0 Å². The molecule has 0 bridgehead atoms. The molecule has 3 aromatic rings. The van der Waals surface area contributed by atoms with Crippen LogP contribution in [0.15, 0.2) is 48.7 Å². The van der Waals surface area contributed by atoms with Gasteiger partial charge in [-0.2, -0.15) is 0 Å². The number of hydrogen-bond acceptors (Lipinski definition) is 4. The fraction of sp³-hybridized carbons (Fsp3) is 0.360. The maximum atomic E-state index is 12.9. The predicted octanol–water partition coefficient (Wildman–Crippen LogP) is 4.43. The second kappa shape index (κ2) is 7.98. The Bertz CT molecular complexity index is 1090. The van der Waals surface area contributed by atoms with Crippen molar-refractivity contribution in [2.45, 2.75) is 32.2 Å². The molecule has 0 N–H and O–H groups in total. The number of pyridine rings is 1. The molecule has 5 rings (SSSR count). The molecule has 0 unspecified atom stereocenters. The van der Waals surface area contributed by atoms with Crippen molar-refractivity contribution >= 4 is 22.4 Å². The van der Waals surface area contributed by atoms with Crippen molar-refractivity contribution in [2.75, 3.05) is 31.6 Å². The monoisotopic (exact) mass is 401 g/mol. The van der Waals surface area contributed by atoms with Crippen molar-refractivity contribution in [2.24, 2.45) is 0 Å². The second-order valence-electron chi connectivity index (χ2n) is 8.20. The van der Waals surface area contributed by atoms with Crippen LogP contribution in [0.2, 0.25) is 0 Å². The lowest BCUT2D eigenvalue weighted by atomic mass is 9.98. The van der Waals surface area contributed by atoms with E-state index in [0.717, 1.165) is 62.3 Å². The molecule has 30 heavy (non-hydrogen) atoms. The Morgan fingerprint density at radius 3 is 2.73 bits per heavy atom. The van der Waals surface area contributed by atoms with E-state index < -0.39 is 0 Å². The lowest BCUT2D eigenvalue weighted by Crippen LogP contribution is -2.35. The number of benzene rings is 2. The maximum absolute atomic E-state index is 12.9. The smallest absolute Gasteiger partial charge is 0.253 e. The molecule has 2 aliphatic heterocycles. The summed E-state index contributed by atoms with van der Waals surface area (Å²) in [6.45, 7) is 3.51. The molecule has 154 valence electrons. The SMILES string of the molecule is COc1nccc2c1CCN(c1cccc3cc(C(=O)N4CCCCC4)ccc13)C2. The molecule has 3 heterocycles. The van der Waals surface area contributed by atoms with E-state index in [4.69, 9.17) is 4.74 Å². The van der Waals surface area contributed by atoms with Crippen LogP contribution < -0.4 is 9.64 Å². The molecule has 1 fully saturated rings. The van der Waals surface area contributed by atoms with Crippen LogP contribution in [-0.2, 0) is 13.0 Å². The van der Waals surface area contributed by atoms with Crippen LogP contribution in [0.25, 0.3) is 10.8 Å². The molecule has 2 aromatic carbocycles. The first-order valence-electron chi connectivity index (χ1n) is 10.8. The number of piperidine rings is 1. The zero-order chi connectivity index (χ0) is 20.5. The summed E-state index contributed by atoms with van der Waals surface area (Å²) in [7, 11) is 1.68. The Kier molecular flexibility index (Phi) is 5.03. The maximum Gasteiger partial charge on any atom is 0.253 e. The number of hydrogen-bond donors (Lipinski definition) is 0. The average Bonchev–Trinajstić information content (AvgIpc) is 2.82. The molecule has 0 atom stereocenters. The highest BCUT2D eigenvalue weighted by atomic mass is 16.5.